The van der Waals surface area contributed by atoms with Crippen molar-refractivity contribution in [3.05, 3.63) is 29.7 Å². The Morgan fingerprint density at radius 2 is 2.28 bits per heavy atom. The van der Waals surface area contributed by atoms with Crippen molar-refractivity contribution in [3.8, 4) is 0 Å². The fourth-order valence-electron chi connectivity index (χ4n) is 3.31. The average Bonchev–Trinajstić information content (AvgIpc) is 3.02. The lowest BCUT2D eigenvalue weighted by molar-refractivity contribution is 0.0937. The number of nitrogens with one attached hydrogen (secondary N) is 1. The zero-order valence-corrected chi connectivity index (χ0v) is 14.5. The van der Waals surface area contributed by atoms with Crippen LogP contribution in [-0.4, -0.2) is 43.3 Å². The molecule has 0 radical (unpaired) electrons. The molecule has 8 heteroatoms. The number of amides is 1. The lowest BCUT2D eigenvalue weighted by Gasteiger charge is -2.20. The summed E-state index contributed by atoms with van der Waals surface area (Å²) in [4.78, 5) is 18.7. The minimum absolute atomic E-state index is 0.0736. The molecular formula is C17H24N6O2. The highest BCUT2D eigenvalue weighted by Gasteiger charge is 2.32. The quantitative estimate of drug-likeness (QED) is 0.825. The first-order chi connectivity index (χ1) is 12.2. The van der Waals surface area contributed by atoms with E-state index in [-0.39, 0.29) is 23.8 Å². The van der Waals surface area contributed by atoms with Crippen LogP contribution in [0.4, 0.5) is 0 Å². The van der Waals surface area contributed by atoms with Crippen LogP contribution < -0.4 is 5.32 Å². The van der Waals surface area contributed by atoms with Gasteiger partial charge in [-0.15, -0.1) is 0 Å². The summed E-state index contributed by atoms with van der Waals surface area (Å²) in [7, 11) is 0. The number of aromatic nitrogens is 4. The smallest absolute Gasteiger partial charge is 0.292 e. The van der Waals surface area contributed by atoms with Crippen molar-refractivity contribution in [1.29, 1.82) is 0 Å². The third-order valence-electron chi connectivity index (χ3n) is 4.73. The second-order valence-corrected chi connectivity index (χ2v) is 6.94. The molecule has 1 atom stereocenters. The minimum atomic E-state index is -0.233. The number of hydrogen-bond acceptors (Lipinski definition) is 6. The van der Waals surface area contributed by atoms with Crippen molar-refractivity contribution in [2.75, 3.05) is 6.54 Å². The molecule has 1 amide bonds. The first-order valence-electron chi connectivity index (χ1n) is 9.13. The van der Waals surface area contributed by atoms with Gasteiger partial charge in [-0.3, -0.25) is 14.4 Å². The highest BCUT2D eigenvalue weighted by molar-refractivity contribution is 5.90. The molecule has 8 nitrogen and oxygen atoms in total. The maximum atomic E-state index is 12.0. The molecule has 25 heavy (non-hydrogen) atoms. The molecule has 1 aliphatic heterocycles. The number of hydrogen-bond donors (Lipinski definition) is 1. The topological polar surface area (TPSA) is 89.1 Å². The summed E-state index contributed by atoms with van der Waals surface area (Å²) >= 11 is 0. The summed E-state index contributed by atoms with van der Waals surface area (Å²) in [6.45, 7) is 4.87. The van der Waals surface area contributed by atoms with Crippen molar-refractivity contribution in [2.45, 2.75) is 64.2 Å². The minimum Gasteiger partial charge on any atom is -0.346 e. The largest absolute Gasteiger partial charge is 0.346 e. The molecule has 3 heterocycles. The summed E-state index contributed by atoms with van der Waals surface area (Å²) in [5.74, 6) is 0.451. The van der Waals surface area contributed by atoms with Crippen LogP contribution >= 0.6 is 0 Å². The van der Waals surface area contributed by atoms with E-state index in [1.54, 1.807) is 0 Å². The van der Waals surface area contributed by atoms with E-state index >= 15 is 0 Å². The molecule has 1 N–H and O–H groups in total. The van der Waals surface area contributed by atoms with Crippen LogP contribution in [0.3, 0.4) is 0 Å². The molecule has 1 saturated carbocycles. The number of carbonyl (C=O) groups is 1. The van der Waals surface area contributed by atoms with Gasteiger partial charge >= 0.3 is 0 Å². The van der Waals surface area contributed by atoms with Crippen LogP contribution in [0.1, 0.15) is 67.1 Å². The van der Waals surface area contributed by atoms with E-state index in [9.17, 15) is 4.79 Å². The first-order valence-corrected chi connectivity index (χ1v) is 9.13. The molecular weight excluding hydrogens is 320 g/mol. The molecule has 0 unspecified atom stereocenters. The SMILES string of the molecule is CCCn1cc(CN2CCC[C@H]2c2nc(C(=O)NC3CC3)no2)cn1. The number of carbonyl (C=O) groups excluding carboxylic acids is 1. The molecule has 0 aromatic carbocycles. The van der Waals surface area contributed by atoms with Crippen molar-refractivity contribution in [2.24, 2.45) is 0 Å². The third kappa shape index (κ3) is 3.73. The van der Waals surface area contributed by atoms with Gasteiger partial charge in [-0.25, -0.2) is 0 Å². The van der Waals surface area contributed by atoms with Gasteiger partial charge in [0, 0.05) is 30.9 Å². The van der Waals surface area contributed by atoms with Gasteiger partial charge in [-0.2, -0.15) is 10.1 Å². The van der Waals surface area contributed by atoms with Crippen LogP contribution in [-0.2, 0) is 13.1 Å². The van der Waals surface area contributed by atoms with Crippen LogP contribution in [0.25, 0.3) is 0 Å². The van der Waals surface area contributed by atoms with Gasteiger partial charge in [-0.05, 0) is 38.6 Å². The van der Waals surface area contributed by atoms with E-state index < -0.39 is 0 Å². The van der Waals surface area contributed by atoms with Gasteiger partial charge in [0.2, 0.25) is 5.89 Å². The van der Waals surface area contributed by atoms with Crippen molar-refractivity contribution < 1.29 is 9.32 Å². The van der Waals surface area contributed by atoms with Crippen molar-refractivity contribution in [1.82, 2.24) is 30.1 Å². The highest BCUT2D eigenvalue weighted by Crippen LogP contribution is 2.32. The van der Waals surface area contributed by atoms with Crippen LogP contribution in [0.2, 0.25) is 0 Å². The molecule has 134 valence electrons. The molecule has 2 aromatic heterocycles. The zero-order valence-electron chi connectivity index (χ0n) is 14.5. The normalized spacial score (nSPS) is 20.9. The van der Waals surface area contributed by atoms with E-state index in [4.69, 9.17) is 4.52 Å². The molecule has 4 rings (SSSR count). The first kappa shape index (κ1) is 16.3. The maximum absolute atomic E-state index is 12.0. The second-order valence-electron chi connectivity index (χ2n) is 6.94. The van der Waals surface area contributed by atoms with E-state index in [0.29, 0.717) is 5.89 Å². The number of nitrogens with zero attached hydrogens (tertiary/aromatic N) is 5. The Kier molecular flexibility index (Phi) is 4.52. The van der Waals surface area contributed by atoms with Crippen molar-refractivity contribution >= 4 is 5.91 Å². The van der Waals surface area contributed by atoms with E-state index in [2.05, 4.69) is 38.6 Å². The Morgan fingerprint density at radius 3 is 3.08 bits per heavy atom. The van der Waals surface area contributed by atoms with Crippen LogP contribution in [0.5, 0.6) is 0 Å². The number of aryl methyl sites for hydroxylation is 1. The van der Waals surface area contributed by atoms with Gasteiger partial charge < -0.3 is 9.84 Å². The predicted molar refractivity (Wildman–Crippen MR) is 89.7 cm³/mol. The molecule has 2 aromatic rings. The van der Waals surface area contributed by atoms with Gasteiger partial charge in [-0.1, -0.05) is 12.1 Å². The second kappa shape index (κ2) is 6.95. The standard InChI is InChI=1S/C17H24N6O2/c1-2-7-23-11-12(9-18-23)10-22-8-3-4-14(22)17-20-15(21-25-17)16(24)19-13-5-6-13/h9,11,13-14H,2-8,10H2,1H3,(H,19,24)/t14-/m0/s1. The Bertz CT molecular complexity index is 735. The highest BCUT2D eigenvalue weighted by atomic mass is 16.5. The predicted octanol–water partition coefficient (Wildman–Crippen LogP) is 1.91. The summed E-state index contributed by atoms with van der Waals surface area (Å²) in [5.41, 5.74) is 1.19. The molecule has 2 aliphatic rings. The fraction of sp³-hybridized carbons (Fsp3) is 0.647. The van der Waals surface area contributed by atoms with Crippen molar-refractivity contribution in [3.63, 3.8) is 0 Å². The maximum Gasteiger partial charge on any atom is 0.292 e. The molecule has 2 fully saturated rings. The number of rotatable bonds is 7. The Morgan fingerprint density at radius 1 is 1.40 bits per heavy atom. The van der Waals surface area contributed by atoms with Gasteiger partial charge in [0.05, 0.1) is 12.2 Å². The van der Waals surface area contributed by atoms with Gasteiger partial charge in [0.1, 0.15) is 0 Å². The Labute approximate surface area is 146 Å². The molecule has 0 bridgehead atoms. The lowest BCUT2D eigenvalue weighted by atomic mass is 10.2. The van der Waals surface area contributed by atoms with Gasteiger partial charge in [0.25, 0.3) is 11.7 Å². The fourth-order valence-corrected chi connectivity index (χ4v) is 3.31. The van der Waals surface area contributed by atoms with Crippen LogP contribution in [0.15, 0.2) is 16.9 Å². The Hall–Kier alpha value is -2.22. The molecule has 1 aliphatic carbocycles. The Balaban J connectivity index is 1.41. The zero-order chi connectivity index (χ0) is 17.2. The lowest BCUT2D eigenvalue weighted by Crippen LogP contribution is -2.26. The van der Waals surface area contributed by atoms with E-state index in [1.165, 1.54) is 5.56 Å². The summed E-state index contributed by atoms with van der Waals surface area (Å²) in [6, 6.07) is 0.363. The van der Waals surface area contributed by atoms with Crippen LogP contribution in [0, 0.1) is 0 Å². The molecule has 0 spiro atoms. The summed E-state index contributed by atoms with van der Waals surface area (Å²) < 4.78 is 7.38. The average molecular weight is 344 g/mol. The molecule has 1 saturated heterocycles. The summed E-state index contributed by atoms with van der Waals surface area (Å²) in [5, 5.41) is 11.2. The third-order valence-corrected chi connectivity index (χ3v) is 4.73. The van der Waals surface area contributed by atoms with E-state index in [1.807, 2.05) is 10.9 Å². The number of likely N-dealkylation sites (tertiary alicyclic amines) is 1. The van der Waals surface area contributed by atoms with Gasteiger partial charge in [0.15, 0.2) is 0 Å². The summed E-state index contributed by atoms with van der Waals surface area (Å²) in [6.07, 6.45) is 9.22. The van der Waals surface area contributed by atoms with E-state index in [0.717, 1.165) is 51.7 Å². The monoisotopic (exact) mass is 344 g/mol.